The normalized spacial score (nSPS) is 10.6. The molecule has 0 spiro atoms. The first kappa shape index (κ1) is 14.0. The highest BCUT2D eigenvalue weighted by Gasteiger charge is 2.06. The lowest BCUT2D eigenvalue weighted by molar-refractivity contribution is 0.661. The Morgan fingerprint density at radius 1 is 1.37 bits per heavy atom. The highest BCUT2D eigenvalue weighted by atomic mass is 32.1. The standard InChI is InChI=1S/C14H20N4S/c1-3-6-15-8-12-9-16-10-14(17-12)18(2)11-13-5-4-7-19-13/h4-5,7,9-10,15H,3,6,8,11H2,1-2H3. The third-order valence-electron chi connectivity index (χ3n) is 2.77. The third kappa shape index (κ3) is 4.29. The molecule has 4 nitrogen and oxygen atoms in total. The lowest BCUT2D eigenvalue weighted by atomic mass is 10.4. The largest absolute Gasteiger partial charge is 0.353 e. The molecule has 2 heterocycles. The molecule has 0 unspecified atom stereocenters. The number of hydrogen-bond donors (Lipinski definition) is 1. The van der Waals surface area contributed by atoms with Crippen molar-refractivity contribution in [1.82, 2.24) is 15.3 Å². The Kier molecular flexibility index (Phi) is 5.30. The minimum Gasteiger partial charge on any atom is -0.353 e. The molecule has 0 aliphatic carbocycles. The molecule has 0 fully saturated rings. The van der Waals surface area contributed by atoms with Gasteiger partial charge in [0.1, 0.15) is 5.82 Å². The zero-order valence-corrected chi connectivity index (χ0v) is 12.3. The van der Waals surface area contributed by atoms with Crippen LogP contribution in [0.4, 0.5) is 5.82 Å². The number of nitrogens with one attached hydrogen (secondary N) is 1. The van der Waals surface area contributed by atoms with Gasteiger partial charge in [0.25, 0.3) is 0 Å². The van der Waals surface area contributed by atoms with Crippen molar-refractivity contribution in [3.05, 3.63) is 40.5 Å². The summed E-state index contributed by atoms with van der Waals surface area (Å²) >= 11 is 1.76. The number of anilines is 1. The van der Waals surface area contributed by atoms with Crippen LogP contribution in [0.25, 0.3) is 0 Å². The van der Waals surface area contributed by atoms with Crippen LogP contribution in [0.5, 0.6) is 0 Å². The van der Waals surface area contributed by atoms with Gasteiger partial charge < -0.3 is 10.2 Å². The Morgan fingerprint density at radius 3 is 3.00 bits per heavy atom. The van der Waals surface area contributed by atoms with Crippen molar-refractivity contribution in [3.63, 3.8) is 0 Å². The van der Waals surface area contributed by atoms with E-state index in [1.165, 1.54) is 4.88 Å². The average Bonchev–Trinajstić information content (AvgIpc) is 2.92. The molecule has 0 bridgehead atoms. The van der Waals surface area contributed by atoms with E-state index in [1.54, 1.807) is 11.3 Å². The number of hydrogen-bond acceptors (Lipinski definition) is 5. The fraction of sp³-hybridized carbons (Fsp3) is 0.429. The second-order valence-electron chi connectivity index (χ2n) is 4.48. The lowest BCUT2D eigenvalue weighted by Crippen LogP contribution is -2.20. The zero-order valence-electron chi connectivity index (χ0n) is 11.5. The van der Waals surface area contributed by atoms with Crippen molar-refractivity contribution < 1.29 is 0 Å². The molecule has 1 N–H and O–H groups in total. The summed E-state index contributed by atoms with van der Waals surface area (Å²) in [7, 11) is 2.05. The molecule has 2 rings (SSSR count). The molecular formula is C14H20N4S. The summed E-state index contributed by atoms with van der Waals surface area (Å²) in [6, 6.07) is 4.21. The van der Waals surface area contributed by atoms with Gasteiger partial charge in [-0.3, -0.25) is 4.98 Å². The Bertz CT molecular complexity index is 484. The predicted molar refractivity (Wildman–Crippen MR) is 80.5 cm³/mol. The molecule has 19 heavy (non-hydrogen) atoms. The van der Waals surface area contributed by atoms with Crippen LogP contribution in [0.1, 0.15) is 23.9 Å². The second-order valence-corrected chi connectivity index (χ2v) is 5.51. The van der Waals surface area contributed by atoms with E-state index in [9.17, 15) is 0 Å². The van der Waals surface area contributed by atoms with E-state index in [-0.39, 0.29) is 0 Å². The Hall–Kier alpha value is -1.46. The van der Waals surface area contributed by atoms with E-state index < -0.39 is 0 Å². The van der Waals surface area contributed by atoms with Gasteiger partial charge in [0.2, 0.25) is 0 Å². The van der Waals surface area contributed by atoms with E-state index in [0.717, 1.165) is 37.6 Å². The smallest absolute Gasteiger partial charge is 0.147 e. The zero-order chi connectivity index (χ0) is 13.5. The number of nitrogens with zero attached hydrogens (tertiary/aromatic N) is 3. The van der Waals surface area contributed by atoms with Crippen LogP contribution in [-0.2, 0) is 13.1 Å². The summed E-state index contributed by atoms with van der Waals surface area (Å²) in [4.78, 5) is 12.4. The number of aromatic nitrogens is 2. The molecule has 0 aromatic carbocycles. The van der Waals surface area contributed by atoms with E-state index >= 15 is 0 Å². The minimum absolute atomic E-state index is 0.779. The molecule has 102 valence electrons. The van der Waals surface area contributed by atoms with Gasteiger partial charge >= 0.3 is 0 Å². The van der Waals surface area contributed by atoms with Crippen molar-refractivity contribution in [2.45, 2.75) is 26.4 Å². The van der Waals surface area contributed by atoms with Gasteiger partial charge in [0.05, 0.1) is 18.4 Å². The average molecular weight is 276 g/mol. The summed E-state index contributed by atoms with van der Waals surface area (Å²) in [5.41, 5.74) is 0.990. The maximum atomic E-state index is 4.63. The van der Waals surface area contributed by atoms with Crippen molar-refractivity contribution in [3.8, 4) is 0 Å². The Labute approximate surface area is 118 Å². The third-order valence-corrected chi connectivity index (χ3v) is 3.63. The first-order chi connectivity index (χ1) is 9.29. The topological polar surface area (TPSA) is 41.1 Å². The fourth-order valence-electron chi connectivity index (χ4n) is 1.77. The molecular weight excluding hydrogens is 256 g/mol. The monoisotopic (exact) mass is 276 g/mol. The molecule has 0 amide bonds. The van der Waals surface area contributed by atoms with Gasteiger partial charge in [0, 0.05) is 24.7 Å². The minimum atomic E-state index is 0.779. The van der Waals surface area contributed by atoms with Crippen molar-refractivity contribution >= 4 is 17.2 Å². The van der Waals surface area contributed by atoms with Crippen LogP contribution in [-0.4, -0.2) is 23.6 Å². The summed E-state index contributed by atoms with van der Waals surface area (Å²) in [5.74, 6) is 0.921. The van der Waals surface area contributed by atoms with Gasteiger partial charge in [-0.2, -0.15) is 0 Å². The van der Waals surface area contributed by atoms with Crippen molar-refractivity contribution in [1.29, 1.82) is 0 Å². The molecule has 2 aromatic rings. The summed E-state index contributed by atoms with van der Waals surface area (Å²) in [6.07, 6.45) is 4.77. The molecule has 0 saturated heterocycles. The predicted octanol–water partition coefficient (Wildman–Crippen LogP) is 2.67. The molecule has 0 aliphatic heterocycles. The van der Waals surface area contributed by atoms with Crippen LogP contribution in [0.15, 0.2) is 29.9 Å². The fourth-order valence-corrected chi connectivity index (χ4v) is 2.53. The van der Waals surface area contributed by atoms with Crippen LogP contribution in [0.2, 0.25) is 0 Å². The SMILES string of the molecule is CCCNCc1cncc(N(C)Cc2cccs2)n1. The van der Waals surface area contributed by atoms with Gasteiger partial charge in [-0.05, 0) is 24.4 Å². The van der Waals surface area contributed by atoms with Crippen LogP contribution < -0.4 is 10.2 Å². The molecule has 0 radical (unpaired) electrons. The quantitative estimate of drug-likeness (QED) is 0.789. The Balaban J connectivity index is 1.97. The molecule has 5 heteroatoms. The summed E-state index contributed by atoms with van der Waals surface area (Å²) in [6.45, 7) is 4.82. The first-order valence-electron chi connectivity index (χ1n) is 6.54. The number of thiophene rings is 1. The van der Waals surface area contributed by atoms with Crippen molar-refractivity contribution in [2.24, 2.45) is 0 Å². The van der Waals surface area contributed by atoms with E-state index in [0.29, 0.717) is 0 Å². The molecule has 2 aromatic heterocycles. The second kappa shape index (κ2) is 7.21. The summed E-state index contributed by atoms with van der Waals surface area (Å²) < 4.78 is 0. The highest BCUT2D eigenvalue weighted by molar-refractivity contribution is 7.09. The van der Waals surface area contributed by atoms with E-state index in [1.807, 2.05) is 19.4 Å². The summed E-state index contributed by atoms with van der Waals surface area (Å²) in [5, 5.41) is 5.44. The van der Waals surface area contributed by atoms with Crippen LogP contribution in [0.3, 0.4) is 0 Å². The van der Waals surface area contributed by atoms with Gasteiger partial charge in [-0.25, -0.2) is 4.98 Å². The Morgan fingerprint density at radius 2 is 2.26 bits per heavy atom. The van der Waals surface area contributed by atoms with Gasteiger partial charge in [-0.15, -0.1) is 11.3 Å². The molecule has 0 saturated carbocycles. The van der Waals surface area contributed by atoms with Gasteiger partial charge in [-0.1, -0.05) is 13.0 Å². The van der Waals surface area contributed by atoms with Crippen molar-refractivity contribution in [2.75, 3.05) is 18.5 Å². The first-order valence-corrected chi connectivity index (χ1v) is 7.42. The van der Waals surface area contributed by atoms with E-state index in [4.69, 9.17) is 0 Å². The van der Waals surface area contributed by atoms with E-state index in [2.05, 4.69) is 44.6 Å². The molecule has 0 aliphatic rings. The highest BCUT2D eigenvalue weighted by Crippen LogP contribution is 2.15. The number of rotatable bonds is 7. The van der Waals surface area contributed by atoms with Crippen LogP contribution >= 0.6 is 11.3 Å². The van der Waals surface area contributed by atoms with Gasteiger partial charge in [0.15, 0.2) is 0 Å². The molecule has 0 atom stereocenters. The maximum absolute atomic E-state index is 4.63. The van der Waals surface area contributed by atoms with Crippen LogP contribution in [0, 0.1) is 0 Å². The maximum Gasteiger partial charge on any atom is 0.147 e. The lowest BCUT2D eigenvalue weighted by Gasteiger charge is -2.17.